The van der Waals surface area contributed by atoms with E-state index in [9.17, 15) is 13.7 Å². The summed E-state index contributed by atoms with van der Waals surface area (Å²) in [7, 11) is -3.80. The molecule has 3 fully saturated rings. The number of allylic oxidation sites excluding steroid dienone is 2. The largest absolute Gasteiger partial charge is 0.498 e. The molecule has 9 heteroatoms. The lowest BCUT2D eigenvalue weighted by molar-refractivity contribution is 0.0532. The van der Waals surface area contributed by atoms with E-state index in [-0.39, 0.29) is 15.8 Å². The highest BCUT2D eigenvalue weighted by molar-refractivity contribution is 7.90. The van der Waals surface area contributed by atoms with Crippen molar-refractivity contribution in [1.29, 1.82) is 5.26 Å². The van der Waals surface area contributed by atoms with Gasteiger partial charge in [-0.15, -0.1) is 0 Å². The van der Waals surface area contributed by atoms with Crippen LogP contribution in [0.2, 0.25) is 0 Å². The fourth-order valence-corrected chi connectivity index (χ4v) is 8.41. The quantitative estimate of drug-likeness (QED) is 0.370. The molecular formula is C28H27N5O3S. The Kier molecular flexibility index (Phi) is 4.68. The third-order valence-corrected chi connectivity index (χ3v) is 10.5. The van der Waals surface area contributed by atoms with E-state index in [0.29, 0.717) is 25.1 Å². The van der Waals surface area contributed by atoms with Gasteiger partial charge in [-0.3, -0.25) is 0 Å². The predicted molar refractivity (Wildman–Crippen MR) is 138 cm³/mol. The molecule has 0 radical (unpaired) electrons. The van der Waals surface area contributed by atoms with Gasteiger partial charge in [0.05, 0.1) is 41.2 Å². The van der Waals surface area contributed by atoms with E-state index in [2.05, 4.69) is 15.6 Å². The van der Waals surface area contributed by atoms with Crippen LogP contribution in [-0.4, -0.2) is 33.5 Å². The predicted octanol–water partition coefficient (Wildman–Crippen LogP) is 5.04. The zero-order chi connectivity index (χ0) is 25.4. The Hall–Kier alpha value is -3.64. The minimum Gasteiger partial charge on any atom is -0.498 e. The third kappa shape index (κ3) is 2.96. The molecule has 3 aromatic heterocycles. The van der Waals surface area contributed by atoms with Crippen LogP contribution in [0.3, 0.4) is 0 Å². The molecule has 3 saturated carbocycles. The average molecular weight is 514 g/mol. The second-order valence-electron chi connectivity index (χ2n) is 10.6. The van der Waals surface area contributed by atoms with Crippen molar-refractivity contribution in [2.24, 2.45) is 5.41 Å². The number of rotatable bonds is 5. The van der Waals surface area contributed by atoms with Crippen LogP contribution < -0.4 is 0 Å². The molecule has 1 aromatic carbocycles. The number of pyridine rings is 1. The van der Waals surface area contributed by atoms with Crippen LogP contribution in [-0.2, 0) is 26.7 Å². The van der Waals surface area contributed by atoms with Crippen LogP contribution in [0.25, 0.3) is 22.1 Å². The van der Waals surface area contributed by atoms with Gasteiger partial charge < -0.3 is 9.30 Å². The first-order valence-corrected chi connectivity index (χ1v) is 14.3. The van der Waals surface area contributed by atoms with Crippen molar-refractivity contribution >= 4 is 32.1 Å². The average Bonchev–Trinajstić information content (AvgIpc) is 3.50. The number of nitrogens with zero attached hydrogens (tertiary/aromatic N) is 5. The summed E-state index contributed by atoms with van der Waals surface area (Å²) < 4.78 is 36.9. The van der Waals surface area contributed by atoms with Gasteiger partial charge in [0.1, 0.15) is 17.1 Å². The van der Waals surface area contributed by atoms with Crippen LogP contribution in [0.15, 0.2) is 65.0 Å². The van der Waals surface area contributed by atoms with E-state index in [4.69, 9.17) is 9.72 Å². The molecule has 3 bridgehead atoms. The first-order valence-electron chi connectivity index (χ1n) is 12.8. The molecule has 8 rings (SSSR count). The molecule has 4 aromatic rings. The van der Waals surface area contributed by atoms with Gasteiger partial charge in [0.2, 0.25) is 0 Å². The van der Waals surface area contributed by atoms with Gasteiger partial charge in [0.15, 0.2) is 5.65 Å². The van der Waals surface area contributed by atoms with Crippen molar-refractivity contribution in [3.05, 3.63) is 65.9 Å². The van der Waals surface area contributed by atoms with Gasteiger partial charge in [0, 0.05) is 23.4 Å². The van der Waals surface area contributed by atoms with Crippen molar-refractivity contribution in [3.8, 4) is 6.07 Å². The SMILES string of the molecule is CCOC1=C2CC3(CCC2(CC#N)CC3)n2c(nc3cnc4c(ccn4S(=O)(=O)c4ccccc4)c32)C1. The van der Waals surface area contributed by atoms with Crippen molar-refractivity contribution in [2.45, 2.75) is 62.3 Å². The minimum absolute atomic E-state index is 0.106. The molecule has 3 aliphatic carbocycles. The summed E-state index contributed by atoms with van der Waals surface area (Å²) in [5.74, 6) is 1.89. The Morgan fingerprint density at radius 2 is 1.92 bits per heavy atom. The standard InChI is InChI=1S/C28H27N5O3S/c1-2-36-23-16-24-31-22-18-30-26-20(8-15-32(26)37(34,35)19-6-4-3-5-7-19)25(22)33(24)28-11-9-27(10-12-28,13-14-29)21(23)17-28/h3-8,15,18H,2,9-13,16-17H2,1H3. The number of hydrogen-bond acceptors (Lipinski definition) is 6. The number of imidazole rings is 1. The molecule has 37 heavy (non-hydrogen) atoms. The maximum atomic E-state index is 13.5. The highest BCUT2D eigenvalue weighted by atomic mass is 32.2. The van der Waals surface area contributed by atoms with E-state index in [1.807, 2.05) is 13.0 Å². The number of hydrogen-bond donors (Lipinski definition) is 0. The molecule has 4 aliphatic rings. The van der Waals surface area contributed by atoms with Gasteiger partial charge >= 0.3 is 0 Å². The Balaban J connectivity index is 1.46. The van der Waals surface area contributed by atoms with Crippen LogP contribution in [0, 0.1) is 16.7 Å². The molecule has 4 heterocycles. The summed E-state index contributed by atoms with van der Waals surface area (Å²) in [6.07, 6.45) is 9.05. The second-order valence-corrected chi connectivity index (χ2v) is 12.4. The lowest BCUT2D eigenvalue weighted by Crippen LogP contribution is -2.49. The molecule has 8 nitrogen and oxygen atoms in total. The molecule has 0 N–H and O–H groups in total. The lowest BCUT2D eigenvalue weighted by Gasteiger charge is -2.54. The zero-order valence-electron chi connectivity index (χ0n) is 20.6. The fourth-order valence-electron chi connectivity index (χ4n) is 7.09. The number of aromatic nitrogens is 4. The highest BCUT2D eigenvalue weighted by Gasteiger charge is 2.56. The lowest BCUT2D eigenvalue weighted by atomic mass is 9.53. The summed E-state index contributed by atoms with van der Waals surface area (Å²) in [4.78, 5) is 9.84. The van der Waals surface area contributed by atoms with E-state index >= 15 is 0 Å². The number of ether oxygens (including phenoxy) is 1. The summed E-state index contributed by atoms with van der Waals surface area (Å²) in [6.45, 7) is 2.57. The van der Waals surface area contributed by atoms with Crippen LogP contribution in [0.4, 0.5) is 0 Å². The molecule has 0 atom stereocenters. The van der Waals surface area contributed by atoms with Crippen molar-refractivity contribution < 1.29 is 13.2 Å². The minimum atomic E-state index is -3.80. The van der Waals surface area contributed by atoms with E-state index in [1.165, 1.54) is 9.55 Å². The van der Waals surface area contributed by atoms with Crippen molar-refractivity contribution in [1.82, 2.24) is 18.5 Å². The zero-order valence-corrected chi connectivity index (χ0v) is 21.5. The maximum Gasteiger partial charge on any atom is 0.269 e. The molecule has 0 amide bonds. The van der Waals surface area contributed by atoms with Crippen LogP contribution in [0.5, 0.6) is 0 Å². The van der Waals surface area contributed by atoms with E-state index in [0.717, 1.165) is 60.1 Å². The van der Waals surface area contributed by atoms with Gasteiger partial charge in [-0.2, -0.15) is 5.26 Å². The van der Waals surface area contributed by atoms with Gasteiger partial charge in [-0.05, 0) is 62.8 Å². The number of fused-ring (bicyclic) bond motifs is 7. The summed E-state index contributed by atoms with van der Waals surface area (Å²) >= 11 is 0. The van der Waals surface area contributed by atoms with Gasteiger partial charge in [0.25, 0.3) is 10.0 Å². The highest BCUT2D eigenvalue weighted by Crippen LogP contribution is 2.62. The monoisotopic (exact) mass is 513 g/mol. The second kappa shape index (κ2) is 7.68. The summed E-state index contributed by atoms with van der Waals surface area (Å²) in [5, 5.41) is 10.5. The number of benzene rings is 1. The topological polar surface area (TPSA) is 103 Å². The first-order chi connectivity index (χ1) is 17.9. The Bertz CT molecular complexity index is 1750. The summed E-state index contributed by atoms with van der Waals surface area (Å²) in [5.41, 5.74) is 3.14. The normalized spacial score (nSPS) is 24.8. The molecule has 1 aliphatic heterocycles. The molecule has 0 saturated heterocycles. The van der Waals surface area contributed by atoms with Crippen LogP contribution >= 0.6 is 0 Å². The van der Waals surface area contributed by atoms with E-state index in [1.54, 1.807) is 42.7 Å². The Morgan fingerprint density at radius 1 is 1.14 bits per heavy atom. The maximum absolute atomic E-state index is 13.5. The van der Waals surface area contributed by atoms with Crippen molar-refractivity contribution in [3.63, 3.8) is 0 Å². The van der Waals surface area contributed by atoms with Crippen molar-refractivity contribution in [2.75, 3.05) is 6.61 Å². The van der Waals surface area contributed by atoms with Crippen LogP contribution in [0.1, 0.15) is 51.3 Å². The molecule has 1 spiro atoms. The first kappa shape index (κ1) is 22.5. The number of nitriles is 1. The van der Waals surface area contributed by atoms with Gasteiger partial charge in [-0.25, -0.2) is 22.4 Å². The molecular weight excluding hydrogens is 486 g/mol. The van der Waals surface area contributed by atoms with E-state index < -0.39 is 10.0 Å². The molecule has 0 unspecified atom stereocenters. The molecule has 188 valence electrons. The summed E-state index contributed by atoms with van der Waals surface area (Å²) in [6, 6.07) is 12.8. The Morgan fingerprint density at radius 3 is 2.65 bits per heavy atom. The fraction of sp³-hybridized carbons (Fsp3) is 0.393. The smallest absolute Gasteiger partial charge is 0.269 e. The Labute approximate surface area is 215 Å². The third-order valence-electron chi connectivity index (χ3n) is 8.81. The van der Waals surface area contributed by atoms with Gasteiger partial charge in [-0.1, -0.05) is 18.2 Å².